The van der Waals surface area contributed by atoms with E-state index in [2.05, 4.69) is 0 Å². The highest BCUT2D eigenvalue weighted by atomic mass is 16.7. The Morgan fingerprint density at radius 3 is 2.73 bits per heavy atom. The van der Waals surface area contributed by atoms with Crippen molar-refractivity contribution in [1.29, 1.82) is 0 Å². The third-order valence-corrected chi connectivity index (χ3v) is 1.96. The van der Waals surface area contributed by atoms with Gasteiger partial charge in [0.25, 0.3) is 0 Å². The molecule has 15 heavy (non-hydrogen) atoms. The largest absolute Gasteiger partial charge is 0.463 e. The number of rotatable bonds is 4. The van der Waals surface area contributed by atoms with Gasteiger partial charge in [0.2, 0.25) is 0 Å². The van der Waals surface area contributed by atoms with Gasteiger partial charge in [-0.1, -0.05) is 0 Å². The maximum atomic E-state index is 10.6. The fourth-order valence-electron chi connectivity index (χ4n) is 1.41. The normalized spacial score (nSPS) is 26.7. The molecule has 1 aliphatic rings. The molecule has 0 aromatic rings. The van der Waals surface area contributed by atoms with E-state index in [4.69, 9.17) is 14.2 Å². The summed E-state index contributed by atoms with van der Waals surface area (Å²) in [5, 5.41) is 9.39. The van der Waals surface area contributed by atoms with Crippen LogP contribution in [0.15, 0.2) is 0 Å². The first kappa shape index (κ1) is 12.4. The van der Waals surface area contributed by atoms with E-state index in [1.54, 1.807) is 13.8 Å². The summed E-state index contributed by atoms with van der Waals surface area (Å²) in [6.45, 7) is 4.71. The molecule has 1 saturated heterocycles. The molecule has 1 rings (SSSR count). The van der Waals surface area contributed by atoms with E-state index in [0.29, 0.717) is 6.42 Å². The first-order valence-corrected chi connectivity index (χ1v) is 5.06. The second-order valence-corrected chi connectivity index (χ2v) is 4.13. The minimum absolute atomic E-state index is 0.124. The number of carbonyl (C=O) groups excluding carboxylic acids is 1. The zero-order valence-corrected chi connectivity index (χ0v) is 9.36. The van der Waals surface area contributed by atoms with Gasteiger partial charge in [0.15, 0.2) is 12.1 Å². The van der Waals surface area contributed by atoms with E-state index in [0.717, 1.165) is 6.42 Å². The lowest BCUT2D eigenvalue weighted by atomic mass is 10.2. The summed E-state index contributed by atoms with van der Waals surface area (Å²) < 4.78 is 15.5. The summed E-state index contributed by atoms with van der Waals surface area (Å²) in [5.74, 6) is -1.51. The van der Waals surface area contributed by atoms with Crippen LogP contribution in [0.3, 0.4) is 0 Å². The molecule has 2 atom stereocenters. The van der Waals surface area contributed by atoms with Crippen molar-refractivity contribution in [2.24, 2.45) is 0 Å². The number of ether oxygens (including phenoxy) is 3. The summed E-state index contributed by atoms with van der Waals surface area (Å²) >= 11 is 0. The zero-order chi connectivity index (χ0) is 11.5. The molecule has 1 fully saturated rings. The van der Waals surface area contributed by atoms with Crippen LogP contribution < -0.4 is 0 Å². The van der Waals surface area contributed by atoms with Crippen molar-refractivity contribution in [2.45, 2.75) is 51.8 Å². The van der Waals surface area contributed by atoms with Gasteiger partial charge >= 0.3 is 5.97 Å². The first-order valence-electron chi connectivity index (χ1n) is 5.06. The van der Waals surface area contributed by atoms with Crippen molar-refractivity contribution in [3.05, 3.63) is 0 Å². The Labute approximate surface area is 89.3 Å². The predicted octanol–water partition coefficient (Wildman–Crippen LogP) is 0.800. The third kappa shape index (κ3) is 5.11. The average Bonchev–Trinajstić information content (AvgIpc) is 2.45. The molecule has 0 aliphatic carbocycles. The second kappa shape index (κ2) is 4.92. The molecule has 5 heteroatoms. The van der Waals surface area contributed by atoms with Crippen LogP contribution in [-0.4, -0.2) is 35.9 Å². The zero-order valence-electron chi connectivity index (χ0n) is 9.36. The SMILES string of the molecule is CC(=O)OCC1CC[C@@H](OC(C)(C)O)O1. The molecule has 0 spiro atoms. The molecule has 0 aromatic heterocycles. The van der Waals surface area contributed by atoms with E-state index in [-0.39, 0.29) is 18.7 Å². The molecular formula is C10H18O5. The van der Waals surface area contributed by atoms with E-state index in [1.807, 2.05) is 0 Å². The van der Waals surface area contributed by atoms with Crippen LogP contribution in [-0.2, 0) is 19.0 Å². The molecular weight excluding hydrogens is 200 g/mol. The highest BCUT2D eigenvalue weighted by molar-refractivity contribution is 5.65. The van der Waals surface area contributed by atoms with Crippen molar-refractivity contribution in [3.63, 3.8) is 0 Å². The molecule has 1 aliphatic heterocycles. The molecule has 88 valence electrons. The molecule has 0 radical (unpaired) electrons. The summed E-state index contributed by atoms with van der Waals surface area (Å²) in [6.07, 6.45) is 0.941. The Morgan fingerprint density at radius 1 is 1.53 bits per heavy atom. The quantitative estimate of drug-likeness (QED) is 0.558. The van der Waals surface area contributed by atoms with Gasteiger partial charge in [-0.05, 0) is 20.3 Å². The Bertz CT molecular complexity index is 220. The lowest BCUT2D eigenvalue weighted by Crippen LogP contribution is -2.30. The van der Waals surface area contributed by atoms with Gasteiger partial charge in [0.05, 0.1) is 6.10 Å². The van der Waals surface area contributed by atoms with Crippen molar-refractivity contribution in [1.82, 2.24) is 0 Å². The monoisotopic (exact) mass is 218 g/mol. The number of hydrogen-bond donors (Lipinski definition) is 1. The topological polar surface area (TPSA) is 65.0 Å². The van der Waals surface area contributed by atoms with Gasteiger partial charge in [-0.2, -0.15) is 0 Å². The van der Waals surface area contributed by atoms with Crippen LogP contribution in [0.2, 0.25) is 0 Å². The van der Waals surface area contributed by atoms with Crippen LogP contribution in [0, 0.1) is 0 Å². The van der Waals surface area contributed by atoms with Gasteiger partial charge in [-0.15, -0.1) is 0 Å². The number of esters is 1. The minimum Gasteiger partial charge on any atom is -0.463 e. The molecule has 0 saturated carbocycles. The molecule has 0 bridgehead atoms. The lowest BCUT2D eigenvalue weighted by molar-refractivity contribution is -0.270. The Morgan fingerprint density at radius 2 is 2.20 bits per heavy atom. The van der Waals surface area contributed by atoms with Gasteiger partial charge in [-0.25, -0.2) is 0 Å². The van der Waals surface area contributed by atoms with Gasteiger partial charge in [0, 0.05) is 13.3 Å². The van der Waals surface area contributed by atoms with Gasteiger partial charge in [0.1, 0.15) is 6.61 Å². The van der Waals surface area contributed by atoms with Crippen molar-refractivity contribution in [2.75, 3.05) is 6.61 Å². The fourth-order valence-corrected chi connectivity index (χ4v) is 1.41. The van der Waals surface area contributed by atoms with Gasteiger partial charge in [-0.3, -0.25) is 4.79 Å². The molecule has 5 nitrogen and oxygen atoms in total. The molecule has 1 N–H and O–H groups in total. The van der Waals surface area contributed by atoms with Crippen LogP contribution >= 0.6 is 0 Å². The summed E-state index contributed by atoms with van der Waals surface area (Å²) in [6, 6.07) is 0. The first-order chi connectivity index (χ1) is 6.87. The molecule has 0 amide bonds. The number of carbonyl (C=O) groups is 1. The van der Waals surface area contributed by atoms with E-state index >= 15 is 0 Å². The number of hydrogen-bond acceptors (Lipinski definition) is 5. The third-order valence-electron chi connectivity index (χ3n) is 1.96. The standard InChI is InChI=1S/C10H18O5/c1-7(11)13-6-8-4-5-9(14-8)15-10(2,3)12/h8-9,12H,4-6H2,1-3H3/t8?,9-/m1/s1. The number of aliphatic hydroxyl groups is 1. The van der Waals surface area contributed by atoms with Crippen molar-refractivity contribution < 1.29 is 24.1 Å². The van der Waals surface area contributed by atoms with E-state index in [9.17, 15) is 9.90 Å². The van der Waals surface area contributed by atoms with Crippen LogP contribution in [0.5, 0.6) is 0 Å². The smallest absolute Gasteiger partial charge is 0.302 e. The summed E-state index contributed by atoms with van der Waals surface area (Å²) in [5.41, 5.74) is 0. The Balaban J connectivity index is 2.24. The van der Waals surface area contributed by atoms with Crippen LogP contribution in [0.25, 0.3) is 0 Å². The highest BCUT2D eigenvalue weighted by Crippen LogP contribution is 2.24. The van der Waals surface area contributed by atoms with Crippen molar-refractivity contribution >= 4 is 5.97 Å². The summed E-state index contributed by atoms with van der Waals surface area (Å²) in [4.78, 5) is 10.6. The van der Waals surface area contributed by atoms with Crippen LogP contribution in [0.4, 0.5) is 0 Å². The highest BCUT2D eigenvalue weighted by Gasteiger charge is 2.30. The Hall–Kier alpha value is -0.650. The maximum absolute atomic E-state index is 10.6. The van der Waals surface area contributed by atoms with E-state index in [1.165, 1.54) is 6.92 Å². The fraction of sp³-hybridized carbons (Fsp3) is 0.900. The van der Waals surface area contributed by atoms with Crippen molar-refractivity contribution in [3.8, 4) is 0 Å². The van der Waals surface area contributed by atoms with E-state index < -0.39 is 12.1 Å². The minimum atomic E-state index is -1.19. The lowest BCUT2D eigenvalue weighted by Gasteiger charge is -2.23. The molecule has 1 heterocycles. The Kier molecular flexibility index (Phi) is 4.07. The molecule has 0 aromatic carbocycles. The summed E-state index contributed by atoms with van der Waals surface area (Å²) in [7, 11) is 0. The maximum Gasteiger partial charge on any atom is 0.302 e. The predicted molar refractivity (Wildman–Crippen MR) is 51.9 cm³/mol. The second-order valence-electron chi connectivity index (χ2n) is 4.13. The van der Waals surface area contributed by atoms with Crippen LogP contribution in [0.1, 0.15) is 33.6 Å². The average molecular weight is 218 g/mol. The molecule has 1 unspecified atom stereocenters. The van der Waals surface area contributed by atoms with Gasteiger partial charge < -0.3 is 19.3 Å².